The minimum absolute atomic E-state index is 0.439. The molecule has 1 N–H and O–H groups in total. The Morgan fingerprint density at radius 1 is 1.31 bits per heavy atom. The molecule has 0 spiro atoms. The van der Waals surface area contributed by atoms with Crippen LogP contribution in [0.2, 0.25) is 0 Å². The van der Waals surface area contributed by atoms with Crippen LogP contribution in [0.1, 0.15) is 49.7 Å². The predicted molar refractivity (Wildman–Crippen MR) is 111 cm³/mol. The Kier molecular flexibility index (Phi) is 6.86. The van der Waals surface area contributed by atoms with Gasteiger partial charge in [-0.25, -0.2) is 0 Å². The quantitative estimate of drug-likeness (QED) is 0.670. The molecule has 2 aliphatic rings. The molecule has 2 atom stereocenters. The van der Waals surface area contributed by atoms with E-state index < -0.39 is 0 Å². The molecule has 2 aliphatic carbocycles. The van der Waals surface area contributed by atoms with E-state index in [9.17, 15) is 0 Å². The molecule has 0 amide bonds. The first-order valence-electron chi connectivity index (χ1n) is 9.66. The highest BCUT2D eigenvalue weighted by atomic mass is 32.1. The van der Waals surface area contributed by atoms with Gasteiger partial charge in [-0.1, -0.05) is 43.4 Å². The lowest BCUT2D eigenvalue weighted by molar-refractivity contribution is 0.205. The van der Waals surface area contributed by atoms with Gasteiger partial charge in [-0.05, 0) is 55.5 Å². The van der Waals surface area contributed by atoms with Crippen molar-refractivity contribution in [2.45, 2.75) is 51.0 Å². The number of thiocarbonyl (C=S) groups is 1. The first-order chi connectivity index (χ1) is 12.7. The summed E-state index contributed by atoms with van der Waals surface area (Å²) in [6, 6.07) is 6.93. The van der Waals surface area contributed by atoms with Crippen LogP contribution >= 0.6 is 12.2 Å². The Balaban J connectivity index is 1.73. The molecule has 0 bridgehead atoms. The van der Waals surface area contributed by atoms with Crippen LogP contribution in [0.5, 0.6) is 5.75 Å². The van der Waals surface area contributed by atoms with Gasteiger partial charge in [0.25, 0.3) is 0 Å². The first kappa shape index (κ1) is 19.1. The second kappa shape index (κ2) is 9.33. The number of hydrogen-bond acceptors (Lipinski definition) is 4. The van der Waals surface area contributed by atoms with Crippen molar-refractivity contribution in [3.05, 3.63) is 53.3 Å². The van der Waals surface area contributed by atoms with Crippen LogP contribution in [0, 0.1) is 0 Å². The third-order valence-corrected chi connectivity index (χ3v) is 5.65. The smallest absolute Gasteiger partial charge is 0.133 e. The third kappa shape index (κ3) is 4.36. The number of nitrogens with one attached hydrogen (secondary N) is 1. The zero-order chi connectivity index (χ0) is 18.4. The molecule has 0 saturated carbocycles. The average molecular weight is 372 g/mol. The zero-order valence-corrected chi connectivity index (χ0v) is 16.6. The Morgan fingerprint density at radius 2 is 2.19 bits per heavy atom. The van der Waals surface area contributed by atoms with Gasteiger partial charge in [0.2, 0.25) is 0 Å². The van der Waals surface area contributed by atoms with Crippen LogP contribution < -0.4 is 10.1 Å². The highest BCUT2D eigenvalue weighted by Crippen LogP contribution is 2.38. The molecule has 0 heterocycles. The lowest BCUT2D eigenvalue weighted by atomic mass is 9.77. The zero-order valence-electron chi connectivity index (χ0n) is 15.8. The maximum absolute atomic E-state index is 6.03. The molecule has 0 aromatic heterocycles. The van der Waals surface area contributed by atoms with Gasteiger partial charge in [0, 0.05) is 18.4 Å². The summed E-state index contributed by atoms with van der Waals surface area (Å²) >= 11 is 5.40. The lowest BCUT2D eigenvalue weighted by Crippen LogP contribution is -2.39. The summed E-state index contributed by atoms with van der Waals surface area (Å²) in [4.78, 5) is 0.902. The number of hydrogen-bond donors (Lipinski definition) is 1. The van der Waals surface area contributed by atoms with E-state index in [1.54, 1.807) is 7.11 Å². The number of methoxy groups -OCH3 is 1. The molecule has 26 heavy (non-hydrogen) atoms. The molecule has 0 fully saturated rings. The summed E-state index contributed by atoms with van der Waals surface area (Å²) in [6.07, 6.45) is 11.2. The Labute approximate surface area is 162 Å². The van der Waals surface area contributed by atoms with Gasteiger partial charge in [-0.2, -0.15) is 0 Å². The predicted octanol–water partition coefficient (Wildman–Crippen LogP) is 4.71. The summed E-state index contributed by atoms with van der Waals surface area (Å²) < 4.78 is 11.6. The summed E-state index contributed by atoms with van der Waals surface area (Å²) in [6.45, 7) is 3.96. The van der Waals surface area contributed by atoms with Gasteiger partial charge in [0.15, 0.2) is 0 Å². The Hall–Kier alpha value is -1.65. The molecule has 0 radical (unpaired) electrons. The van der Waals surface area contributed by atoms with Crippen LogP contribution in [-0.4, -0.2) is 31.2 Å². The average Bonchev–Trinajstić information content (AvgIpc) is 2.67. The van der Waals surface area contributed by atoms with Crippen molar-refractivity contribution < 1.29 is 9.47 Å². The second-order valence-corrected chi connectivity index (χ2v) is 7.45. The fraction of sp³-hybridized carbons (Fsp3) is 0.500. The van der Waals surface area contributed by atoms with Crippen LogP contribution in [0.3, 0.4) is 0 Å². The van der Waals surface area contributed by atoms with E-state index in [0.717, 1.165) is 55.0 Å². The van der Waals surface area contributed by atoms with E-state index in [-0.39, 0.29) is 0 Å². The van der Waals surface area contributed by atoms with Crippen LogP contribution in [0.25, 0.3) is 0 Å². The molecular formula is C22H29NO2S. The lowest BCUT2D eigenvalue weighted by Gasteiger charge is -2.35. The van der Waals surface area contributed by atoms with E-state index in [1.165, 1.54) is 11.1 Å². The van der Waals surface area contributed by atoms with E-state index in [1.807, 2.05) is 12.2 Å². The van der Waals surface area contributed by atoms with E-state index in [4.69, 9.17) is 21.7 Å². The molecule has 1 aromatic carbocycles. The van der Waals surface area contributed by atoms with Gasteiger partial charge >= 0.3 is 0 Å². The molecule has 0 aliphatic heterocycles. The minimum Gasteiger partial charge on any atom is -0.496 e. The number of rotatable bonds is 8. The van der Waals surface area contributed by atoms with Gasteiger partial charge in [-0.15, -0.1) is 0 Å². The monoisotopic (exact) mass is 371 g/mol. The van der Waals surface area contributed by atoms with Crippen LogP contribution in [0.15, 0.2) is 42.2 Å². The SMILES string of the molecule is CCCNC1CCc2c(OC)cccc2C1CCOC1=CC=CCC1=S. The largest absolute Gasteiger partial charge is 0.496 e. The molecule has 3 rings (SSSR count). The van der Waals surface area contributed by atoms with E-state index >= 15 is 0 Å². The van der Waals surface area contributed by atoms with Crippen molar-refractivity contribution in [1.82, 2.24) is 5.32 Å². The number of ether oxygens (including phenoxy) is 2. The molecule has 0 saturated heterocycles. The van der Waals surface area contributed by atoms with Crippen LogP contribution in [-0.2, 0) is 11.2 Å². The highest BCUT2D eigenvalue weighted by molar-refractivity contribution is 7.80. The summed E-state index contributed by atoms with van der Waals surface area (Å²) in [7, 11) is 1.76. The molecule has 140 valence electrons. The van der Waals surface area contributed by atoms with Crippen molar-refractivity contribution >= 4 is 17.1 Å². The van der Waals surface area contributed by atoms with Crippen LogP contribution in [0.4, 0.5) is 0 Å². The second-order valence-electron chi connectivity index (χ2n) is 6.96. The molecule has 3 nitrogen and oxygen atoms in total. The van der Waals surface area contributed by atoms with E-state index in [2.05, 4.69) is 36.5 Å². The van der Waals surface area contributed by atoms with Gasteiger partial charge in [0.05, 0.1) is 18.6 Å². The highest BCUT2D eigenvalue weighted by Gasteiger charge is 2.30. The summed E-state index contributed by atoms with van der Waals surface area (Å²) in [5.41, 5.74) is 2.78. The molecular weight excluding hydrogens is 342 g/mol. The number of fused-ring (bicyclic) bond motifs is 1. The van der Waals surface area contributed by atoms with Gasteiger partial charge in [-0.3, -0.25) is 0 Å². The third-order valence-electron chi connectivity index (χ3n) is 5.28. The minimum atomic E-state index is 0.439. The topological polar surface area (TPSA) is 30.5 Å². The fourth-order valence-corrected chi connectivity index (χ4v) is 4.21. The van der Waals surface area contributed by atoms with Crippen molar-refractivity contribution in [2.75, 3.05) is 20.3 Å². The Bertz CT molecular complexity index is 695. The van der Waals surface area contributed by atoms with E-state index in [0.29, 0.717) is 18.6 Å². The van der Waals surface area contributed by atoms with Crippen molar-refractivity contribution in [3.63, 3.8) is 0 Å². The summed E-state index contributed by atoms with van der Waals surface area (Å²) in [5, 5.41) is 3.75. The maximum Gasteiger partial charge on any atom is 0.133 e. The van der Waals surface area contributed by atoms with Crippen molar-refractivity contribution in [2.24, 2.45) is 0 Å². The molecule has 4 heteroatoms. The fourth-order valence-electron chi connectivity index (χ4n) is 3.99. The molecule has 1 aromatic rings. The number of allylic oxidation sites excluding steroid dienone is 4. The van der Waals surface area contributed by atoms with Crippen molar-refractivity contribution in [3.8, 4) is 5.75 Å². The molecule has 2 unspecified atom stereocenters. The standard InChI is InChI=1S/C22H29NO2S/c1-3-14-23-19-12-11-18-16(7-6-9-20(18)24-2)17(19)13-15-25-21-8-4-5-10-22(21)26/h4-9,17,19,23H,3,10-15H2,1-2H3. The summed E-state index contributed by atoms with van der Waals surface area (Å²) in [5.74, 6) is 2.32. The number of benzene rings is 1. The van der Waals surface area contributed by atoms with Gasteiger partial charge in [0.1, 0.15) is 11.5 Å². The van der Waals surface area contributed by atoms with Gasteiger partial charge < -0.3 is 14.8 Å². The van der Waals surface area contributed by atoms with Crippen molar-refractivity contribution in [1.29, 1.82) is 0 Å². The Morgan fingerprint density at radius 3 is 2.96 bits per heavy atom. The normalized spacial score (nSPS) is 21.9. The first-order valence-corrected chi connectivity index (χ1v) is 10.1. The maximum atomic E-state index is 6.03.